The third-order valence-electron chi connectivity index (χ3n) is 5.29. The Balaban J connectivity index is 2.17. The van der Waals surface area contributed by atoms with E-state index in [1.807, 2.05) is 65.0 Å². The molecule has 0 heterocycles. The second-order valence-electron chi connectivity index (χ2n) is 7.99. The van der Waals surface area contributed by atoms with Crippen molar-refractivity contribution in [3.05, 3.63) is 70.8 Å². The van der Waals surface area contributed by atoms with Crippen LogP contribution in [-0.4, -0.2) is 35.3 Å². The van der Waals surface area contributed by atoms with Crippen LogP contribution in [0.3, 0.4) is 0 Å². The van der Waals surface area contributed by atoms with E-state index in [1.54, 1.807) is 4.90 Å². The lowest BCUT2D eigenvalue weighted by Gasteiger charge is -2.30. The van der Waals surface area contributed by atoms with Gasteiger partial charge in [0.15, 0.2) is 0 Å². The van der Waals surface area contributed by atoms with Gasteiger partial charge in [-0.15, -0.1) is 0 Å². The van der Waals surface area contributed by atoms with Gasteiger partial charge in [-0.3, -0.25) is 9.59 Å². The Labute approximate surface area is 175 Å². The number of hydrogen-bond acceptors (Lipinski definition) is 2. The second-order valence-corrected chi connectivity index (χ2v) is 7.99. The molecule has 2 aromatic carbocycles. The topological polar surface area (TPSA) is 49.4 Å². The summed E-state index contributed by atoms with van der Waals surface area (Å²) in [5.41, 5.74) is 4.44. The van der Waals surface area contributed by atoms with Crippen molar-refractivity contribution < 1.29 is 9.59 Å². The Bertz CT molecular complexity index is 797. The summed E-state index contributed by atoms with van der Waals surface area (Å²) in [6.07, 6.45) is 1.89. The fourth-order valence-corrected chi connectivity index (χ4v) is 3.48. The number of carbonyl (C=O) groups excluding carboxylic acids is 2. The monoisotopic (exact) mass is 394 g/mol. The van der Waals surface area contributed by atoms with Crippen molar-refractivity contribution in [3.63, 3.8) is 0 Å². The molecule has 0 saturated heterocycles. The normalized spacial score (nSPS) is 12.9. The van der Waals surface area contributed by atoms with Crippen molar-refractivity contribution in [3.8, 4) is 0 Å². The molecule has 0 unspecified atom stereocenters. The molecule has 4 heteroatoms. The van der Waals surface area contributed by atoms with Crippen LogP contribution in [0, 0.1) is 13.8 Å². The molecule has 29 heavy (non-hydrogen) atoms. The minimum absolute atomic E-state index is 0.0160. The second kappa shape index (κ2) is 10.8. The van der Waals surface area contributed by atoms with Gasteiger partial charge in [0, 0.05) is 12.6 Å². The average Bonchev–Trinajstić information content (AvgIpc) is 2.67. The molecule has 4 nitrogen and oxygen atoms in total. The van der Waals surface area contributed by atoms with E-state index in [4.69, 9.17) is 0 Å². The maximum Gasteiger partial charge on any atom is 0.242 e. The molecule has 0 aliphatic heterocycles. The van der Waals surface area contributed by atoms with Crippen molar-refractivity contribution in [2.75, 3.05) is 6.54 Å². The first-order chi connectivity index (χ1) is 13.8. The molecular weight excluding hydrogens is 360 g/mol. The van der Waals surface area contributed by atoms with E-state index in [1.165, 1.54) is 0 Å². The summed E-state index contributed by atoms with van der Waals surface area (Å²) in [7, 11) is 0. The number of carbonyl (C=O) groups is 2. The number of hydrogen-bond donors (Lipinski definition) is 1. The minimum atomic E-state index is -0.508. The zero-order valence-corrected chi connectivity index (χ0v) is 18.4. The lowest BCUT2D eigenvalue weighted by Crippen LogP contribution is -2.50. The molecule has 2 amide bonds. The van der Waals surface area contributed by atoms with Gasteiger partial charge in [-0.25, -0.2) is 0 Å². The molecule has 2 aromatic rings. The van der Waals surface area contributed by atoms with Crippen LogP contribution in [0.1, 0.15) is 49.4 Å². The van der Waals surface area contributed by atoms with E-state index in [9.17, 15) is 9.59 Å². The zero-order chi connectivity index (χ0) is 21.4. The summed E-state index contributed by atoms with van der Waals surface area (Å²) in [4.78, 5) is 27.7. The molecule has 0 aliphatic rings. The van der Waals surface area contributed by atoms with E-state index < -0.39 is 6.04 Å². The molecule has 2 rings (SSSR count). The van der Waals surface area contributed by atoms with Gasteiger partial charge in [-0.2, -0.15) is 0 Å². The van der Waals surface area contributed by atoms with Crippen LogP contribution in [-0.2, 0) is 22.4 Å². The van der Waals surface area contributed by atoms with Gasteiger partial charge in [0.2, 0.25) is 11.8 Å². The van der Waals surface area contributed by atoms with Crippen molar-refractivity contribution in [2.24, 2.45) is 0 Å². The van der Waals surface area contributed by atoms with Crippen LogP contribution in [0.15, 0.2) is 48.5 Å². The quantitative estimate of drug-likeness (QED) is 0.692. The van der Waals surface area contributed by atoms with Crippen LogP contribution in [0.2, 0.25) is 0 Å². The summed E-state index contributed by atoms with van der Waals surface area (Å²) in [5, 5.41) is 3.01. The highest BCUT2D eigenvalue weighted by Gasteiger charge is 2.26. The van der Waals surface area contributed by atoms with Crippen molar-refractivity contribution in [2.45, 2.75) is 66.0 Å². The van der Waals surface area contributed by atoms with Crippen LogP contribution in [0.25, 0.3) is 0 Å². The lowest BCUT2D eigenvalue weighted by molar-refractivity contribution is -0.139. The van der Waals surface area contributed by atoms with E-state index in [0.29, 0.717) is 13.0 Å². The largest absolute Gasteiger partial charge is 0.352 e. The van der Waals surface area contributed by atoms with Crippen LogP contribution in [0.5, 0.6) is 0 Å². The predicted octanol–water partition coefficient (Wildman–Crippen LogP) is 4.22. The summed E-state index contributed by atoms with van der Waals surface area (Å²) in [5.74, 6) is -0.112. The van der Waals surface area contributed by atoms with Gasteiger partial charge in [0.25, 0.3) is 0 Å². The predicted molar refractivity (Wildman–Crippen MR) is 119 cm³/mol. The van der Waals surface area contributed by atoms with E-state index in [0.717, 1.165) is 35.1 Å². The highest BCUT2D eigenvalue weighted by molar-refractivity contribution is 5.88. The van der Waals surface area contributed by atoms with Crippen molar-refractivity contribution in [1.29, 1.82) is 0 Å². The Morgan fingerprint density at radius 2 is 1.59 bits per heavy atom. The fourth-order valence-electron chi connectivity index (χ4n) is 3.48. The number of nitrogens with one attached hydrogen (secondary N) is 1. The van der Waals surface area contributed by atoms with Crippen LogP contribution < -0.4 is 5.32 Å². The first kappa shape index (κ1) is 22.7. The number of nitrogens with zero attached hydrogens (tertiary/aromatic N) is 1. The number of aryl methyl sites for hydroxylation is 2. The Morgan fingerprint density at radius 1 is 0.966 bits per heavy atom. The molecule has 156 valence electrons. The highest BCUT2D eigenvalue weighted by Crippen LogP contribution is 2.13. The van der Waals surface area contributed by atoms with Gasteiger partial charge in [-0.05, 0) is 51.7 Å². The standard InChI is InChI=1S/C25H34N2O2/c1-6-20(4)26-25(29)21(5)27(13-12-22-10-8-7-9-11-22)24(28)17-23-15-18(2)14-19(3)16-23/h7-11,14-16,20-21H,6,12-13,17H2,1-5H3,(H,26,29)/t20-,21+/m0/s1. The van der Waals surface area contributed by atoms with Crippen LogP contribution >= 0.6 is 0 Å². The van der Waals surface area contributed by atoms with Crippen molar-refractivity contribution >= 4 is 11.8 Å². The molecule has 0 bridgehead atoms. The minimum Gasteiger partial charge on any atom is -0.352 e. The molecule has 0 spiro atoms. The van der Waals surface area contributed by atoms with Crippen molar-refractivity contribution in [1.82, 2.24) is 10.2 Å². The third-order valence-corrected chi connectivity index (χ3v) is 5.29. The zero-order valence-electron chi connectivity index (χ0n) is 18.4. The highest BCUT2D eigenvalue weighted by atomic mass is 16.2. The fraction of sp³-hybridized carbons (Fsp3) is 0.440. The van der Waals surface area contributed by atoms with E-state index in [-0.39, 0.29) is 17.9 Å². The number of rotatable bonds is 9. The smallest absolute Gasteiger partial charge is 0.242 e. The summed E-state index contributed by atoms with van der Waals surface area (Å²) >= 11 is 0. The maximum absolute atomic E-state index is 13.2. The Hall–Kier alpha value is -2.62. The van der Waals surface area contributed by atoms with Crippen LogP contribution in [0.4, 0.5) is 0 Å². The average molecular weight is 395 g/mol. The molecule has 0 aromatic heterocycles. The van der Waals surface area contributed by atoms with E-state index in [2.05, 4.69) is 23.5 Å². The molecule has 0 radical (unpaired) electrons. The van der Waals surface area contributed by atoms with Gasteiger partial charge < -0.3 is 10.2 Å². The first-order valence-corrected chi connectivity index (χ1v) is 10.5. The summed E-state index contributed by atoms with van der Waals surface area (Å²) in [6.45, 7) is 10.4. The summed E-state index contributed by atoms with van der Waals surface area (Å²) < 4.78 is 0. The molecule has 0 saturated carbocycles. The van der Waals surface area contributed by atoms with Gasteiger partial charge in [-0.1, -0.05) is 66.6 Å². The summed E-state index contributed by atoms with van der Waals surface area (Å²) in [6, 6.07) is 15.9. The molecular formula is C25H34N2O2. The van der Waals surface area contributed by atoms with E-state index >= 15 is 0 Å². The third kappa shape index (κ3) is 7.04. The molecule has 1 N–H and O–H groups in total. The number of amides is 2. The maximum atomic E-state index is 13.2. The van der Waals surface area contributed by atoms with Gasteiger partial charge in [0.05, 0.1) is 6.42 Å². The number of benzene rings is 2. The molecule has 0 aliphatic carbocycles. The Kier molecular flexibility index (Phi) is 8.44. The van der Waals surface area contributed by atoms with Gasteiger partial charge >= 0.3 is 0 Å². The first-order valence-electron chi connectivity index (χ1n) is 10.5. The SMILES string of the molecule is CC[C@H](C)NC(=O)[C@@H](C)N(CCc1ccccc1)C(=O)Cc1cc(C)cc(C)c1. The molecule has 0 fully saturated rings. The Morgan fingerprint density at radius 3 is 2.17 bits per heavy atom. The molecule has 2 atom stereocenters. The van der Waals surface area contributed by atoms with Gasteiger partial charge in [0.1, 0.15) is 6.04 Å². The lowest BCUT2D eigenvalue weighted by atomic mass is 10.0.